The van der Waals surface area contributed by atoms with Crippen LogP contribution in [0.15, 0.2) is 91.0 Å². The van der Waals surface area contributed by atoms with E-state index in [2.05, 4.69) is 12.2 Å². The minimum Gasteiger partial charge on any atom is -0.465 e. The largest absolute Gasteiger partial charge is 0.465 e. The van der Waals surface area contributed by atoms with Gasteiger partial charge in [-0.05, 0) is 36.1 Å². The number of para-hydroxylation sites is 1. The summed E-state index contributed by atoms with van der Waals surface area (Å²) in [6.07, 6.45) is 0.234. The predicted octanol–water partition coefficient (Wildman–Crippen LogP) is 4.66. The van der Waals surface area contributed by atoms with Gasteiger partial charge in [0.25, 0.3) is 0 Å². The molecule has 3 aromatic rings. The monoisotopic (exact) mass is 501 g/mol. The normalized spacial score (nSPS) is 19.0. The minimum atomic E-state index is -1.27. The van der Waals surface area contributed by atoms with Crippen molar-refractivity contribution in [1.82, 2.24) is 10.2 Å². The average Bonchev–Trinajstić information content (AvgIpc) is 3.23. The van der Waals surface area contributed by atoms with E-state index in [9.17, 15) is 19.8 Å². The lowest BCUT2D eigenvalue weighted by atomic mass is 9.94. The highest BCUT2D eigenvalue weighted by molar-refractivity contribution is 5.88. The number of nitrogens with one attached hydrogen (secondary N) is 1. The highest BCUT2D eigenvalue weighted by atomic mass is 16.4. The molecule has 4 atom stereocenters. The fourth-order valence-corrected chi connectivity index (χ4v) is 5.03. The maximum atomic E-state index is 13.7. The van der Waals surface area contributed by atoms with Crippen LogP contribution in [-0.4, -0.2) is 51.5 Å². The molecule has 194 valence electrons. The molecule has 1 aliphatic rings. The van der Waals surface area contributed by atoms with Crippen LogP contribution in [0.25, 0.3) is 0 Å². The maximum Gasteiger partial charge on any atom is 0.412 e. The lowest BCUT2D eigenvalue weighted by molar-refractivity contribution is -0.132. The fraction of sp³-hybridized carbons (Fsp3) is 0.333. The summed E-state index contributed by atoms with van der Waals surface area (Å²) in [7, 11) is 0. The Balaban J connectivity index is 1.66. The summed E-state index contributed by atoms with van der Waals surface area (Å²) in [5, 5.41) is 25.3. The quantitative estimate of drug-likeness (QED) is 0.355. The molecule has 1 saturated heterocycles. The lowest BCUT2D eigenvalue weighted by Crippen LogP contribution is -2.56. The minimum absolute atomic E-state index is 0.214. The van der Waals surface area contributed by atoms with Gasteiger partial charge in [0.1, 0.15) is 6.04 Å². The SMILES string of the molecule is CCCC[C@H]1N[C@@H]([C@@H](O)[C@H](Cc2ccccc2)N(C(=O)O)c2ccccc2)C(=O)N1Cc1ccccc1. The molecule has 2 amide bonds. The molecule has 1 heterocycles. The number of nitrogens with zero attached hydrogens (tertiary/aromatic N) is 2. The van der Waals surface area contributed by atoms with Crippen molar-refractivity contribution in [1.29, 1.82) is 0 Å². The predicted molar refractivity (Wildman–Crippen MR) is 144 cm³/mol. The topological polar surface area (TPSA) is 93.1 Å². The molecule has 3 aromatic carbocycles. The number of rotatable bonds is 11. The highest BCUT2D eigenvalue weighted by Gasteiger charge is 2.46. The number of aliphatic hydroxyl groups is 1. The summed E-state index contributed by atoms with van der Waals surface area (Å²) in [5.74, 6) is -0.214. The number of hydrogen-bond donors (Lipinski definition) is 3. The third kappa shape index (κ3) is 6.37. The van der Waals surface area contributed by atoms with Gasteiger partial charge in [-0.3, -0.25) is 15.0 Å². The number of amides is 2. The van der Waals surface area contributed by atoms with E-state index < -0.39 is 24.3 Å². The second-order valence-electron chi connectivity index (χ2n) is 9.49. The molecule has 0 saturated carbocycles. The zero-order chi connectivity index (χ0) is 26.2. The van der Waals surface area contributed by atoms with Crippen LogP contribution >= 0.6 is 0 Å². The van der Waals surface area contributed by atoms with E-state index in [-0.39, 0.29) is 18.5 Å². The number of aliphatic hydroxyl groups excluding tert-OH is 1. The highest BCUT2D eigenvalue weighted by Crippen LogP contribution is 2.27. The van der Waals surface area contributed by atoms with Crippen LogP contribution in [0.5, 0.6) is 0 Å². The Bertz CT molecular complexity index is 1140. The summed E-state index contributed by atoms with van der Waals surface area (Å²) in [6.45, 7) is 2.53. The van der Waals surface area contributed by atoms with Crippen LogP contribution in [0.2, 0.25) is 0 Å². The number of unbranched alkanes of at least 4 members (excludes halogenated alkanes) is 1. The van der Waals surface area contributed by atoms with Gasteiger partial charge in [-0.25, -0.2) is 4.79 Å². The van der Waals surface area contributed by atoms with Crippen molar-refractivity contribution >= 4 is 17.7 Å². The number of carboxylic acid groups (broad SMARTS) is 1. The molecule has 7 heteroatoms. The third-order valence-corrected chi connectivity index (χ3v) is 6.92. The third-order valence-electron chi connectivity index (χ3n) is 6.92. The second kappa shape index (κ2) is 12.5. The zero-order valence-corrected chi connectivity index (χ0v) is 21.1. The van der Waals surface area contributed by atoms with Crippen LogP contribution < -0.4 is 10.2 Å². The first-order chi connectivity index (χ1) is 18.0. The van der Waals surface area contributed by atoms with Crippen molar-refractivity contribution in [2.24, 2.45) is 0 Å². The van der Waals surface area contributed by atoms with Gasteiger partial charge >= 0.3 is 6.09 Å². The number of hydrogen-bond acceptors (Lipinski definition) is 4. The Hall–Kier alpha value is -3.68. The van der Waals surface area contributed by atoms with E-state index in [0.717, 1.165) is 30.4 Å². The van der Waals surface area contributed by atoms with Crippen LogP contribution in [0.4, 0.5) is 10.5 Å². The molecule has 0 spiro atoms. The molecular formula is C30H35N3O4. The molecule has 0 aromatic heterocycles. The van der Waals surface area contributed by atoms with Crippen molar-refractivity contribution in [3.63, 3.8) is 0 Å². The first-order valence-corrected chi connectivity index (χ1v) is 12.9. The first kappa shape index (κ1) is 26.4. The van der Waals surface area contributed by atoms with Crippen molar-refractivity contribution in [2.45, 2.75) is 63.5 Å². The van der Waals surface area contributed by atoms with Gasteiger partial charge in [0, 0.05) is 12.2 Å². The van der Waals surface area contributed by atoms with Crippen LogP contribution in [0.1, 0.15) is 37.3 Å². The van der Waals surface area contributed by atoms with Crippen molar-refractivity contribution in [3.05, 3.63) is 102 Å². The van der Waals surface area contributed by atoms with E-state index in [1.807, 2.05) is 66.7 Å². The molecule has 7 nitrogen and oxygen atoms in total. The fourth-order valence-electron chi connectivity index (χ4n) is 5.03. The van der Waals surface area contributed by atoms with Crippen molar-refractivity contribution < 1.29 is 19.8 Å². The van der Waals surface area contributed by atoms with Crippen LogP contribution in [0, 0.1) is 0 Å². The molecule has 37 heavy (non-hydrogen) atoms. The Morgan fingerprint density at radius 3 is 2.08 bits per heavy atom. The van der Waals surface area contributed by atoms with Gasteiger partial charge in [0.15, 0.2) is 0 Å². The molecule has 0 bridgehead atoms. The van der Waals surface area contributed by atoms with Gasteiger partial charge in [0.05, 0.1) is 18.3 Å². The molecule has 0 aliphatic carbocycles. The number of anilines is 1. The molecule has 0 unspecified atom stereocenters. The van der Waals surface area contributed by atoms with Gasteiger partial charge in [-0.1, -0.05) is 98.6 Å². The van der Waals surface area contributed by atoms with Gasteiger partial charge in [0.2, 0.25) is 5.91 Å². The van der Waals surface area contributed by atoms with Crippen LogP contribution in [0.3, 0.4) is 0 Å². The zero-order valence-electron chi connectivity index (χ0n) is 21.1. The summed E-state index contributed by atoms with van der Waals surface area (Å²) in [6, 6.07) is 26.2. The van der Waals surface area contributed by atoms with E-state index in [1.165, 1.54) is 4.90 Å². The standard InChI is InChI=1S/C30H35N3O4/c1-2-3-19-26-31-27(29(35)32(26)21-23-15-9-5-10-16-23)28(34)25(20-22-13-7-4-8-14-22)33(30(36)37)24-17-11-6-12-18-24/h4-18,25-28,31,34H,2-3,19-21H2,1H3,(H,36,37)/t25-,26-,27-,28-/m0/s1. The Kier molecular flexibility index (Phi) is 8.93. The Labute approximate surface area is 218 Å². The van der Waals surface area contributed by atoms with Crippen LogP contribution in [-0.2, 0) is 17.8 Å². The molecule has 3 N–H and O–H groups in total. The summed E-state index contributed by atoms with van der Waals surface area (Å²) < 4.78 is 0. The maximum absolute atomic E-state index is 13.7. The molecular weight excluding hydrogens is 466 g/mol. The summed E-state index contributed by atoms with van der Waals surface area (Å²) in [5.41, 5.74) is 2.33. The summed E-state index contributed by atoms with van der Waals surface area (Å²) >= 11 is 0. The first-order valence-electron chi connectivity index (χ1n) is 12.9. The number of benzene rings is 3. The molecule has 1 aliphatic heterocycles. The van der Waals surface area contributed by atoms with Crippen molar-refractivity contribution in [2.75, 3.05) is 4.90 Å². The van der Waals surface area contributed by atoms with Gasteiger partial charge in [-0.2, -0.15) is 0 Å². The Morgan fingerprint density at radius 2 is 1.51 bits per heavy atom. The molecule has 4 rings (SSSR count). The van der Waals surface area contributed by atoms with E-state index in [4.69, 9.17) is 0 Å². The smallest absolute Gasteiger partial charge is 0.412 e. The Morgan fingerprint density at radius 1 is 0.946 bits per heavy atom. The second-order valence-corrected chi connectivity index (χ2v) is 9.49. The van der Waals surface area contributed by atoms with Gasteiger partial charge in [-0.15, -0.1) is 0 Å². The van der Waals surface area contributed by atoms with E-state index in [1.54, 1.807) is 29.2 Å². The van der Waals surface area contributed by atoms with E-state index >= 15 is 0 Å². The van der Waals surface area contributed by atoms with E-state index in [0.29, 0.717) is 12.2 Å². The van der Waals surface area contributed by atoms with Crippen molar-refractivity contribution in [3.8, 4) is 0 Å². The molecule has 0 radical (unpaired) electrons. The van der Waals surface area contributed by atoms with Gasteiger partial charge < -0.3 is 15.1 Å². The summed E-state index contributed by atoms with van der Waals surface area (Å²) in [4.78, 5) is 29.3. The molecule has 1 fully saturated rings. The number of carbonyl (C=O) groups is 2. The lowest BCUT2D eigenvalue weighted by Gasteiger charge is -2.35. The number of carbonyl (C=O) groups excluding carboxylic acids is 1. The average molecular weight is 502 g/mol.